The second kappa shape index (κ2) is 5.28. The van der Waals surface area contributed by atoms with Gasteiger partial charge in [0.25, 0.3) is 10.0 Å². The van der Waals surface area contributed by atoms with Gasteiger partial charge in [-0.2, -0.15) is 0 Å². The number of halogens is 2. The van der Waals surface area contributed by atoms with Crippen LogP contribution in [0.3, 0.4) is 0 Å². The van der Waals surface area contributed by atoms with Crippen LogP contribution in [0.15, 0.2) is 47.4 Å². The average molecular weight is 317 g/mol. The summed E-state index contributed by atoms with van der Waals surface area (Å²) in [6.07, 6.45) is 0. The molecule has 100 valence electrons. The Hall–Kier alpha value is -1.43. The maximum absolute atomic E-state index is 12.2. The Labute approximate surface area is 121 Å². The standard InChI is InChI=1S/C12H10Cl2N2O2S/c13-9-6-7-10(11(14)12(9)15)19(17,18)16-8-4-2-1-3-5-8/h1-7,16H,15H2. The molecule has 0 aliphatic heterocycles. The van der Waals surface area contributed by atoms with Crippen molar-refractivity contribution in [3.63, 3.8) is 0 Å². The highest BCUT2D eigenvalue weighted by Crippen LogP contribution is 2.33. The van der Waals surface area contributed by atoms with Crippen LogP contribution in [-0.4, -0.2) is 8.42 Å². The number of anilines is 2. The van der Waals surface area contributed by atoms with E-state index in [1.165, 1.54) is 12.1 Å². The van der Waals surface area contributed by atoms with Gasteiger partial charge in [-0.3, -0.25) is 4.72 Å². The molecule has 0 atom stereocenters. The predicted octanol–water partition coefficient (Wildman–Crippen LogP) is 3.38. The van der Waals surface area contributed by atoms with Crippen LogP contribution < -0.4 is 10.5 Å². The van der Waals surface area contributed by atoms with Crippen molar-refractivity contribution in [2.45, 2.75) is 4.90 Å². The lowest BCUT2D eigenvalue weighted by atomic mass is 10.3. The predicted molar refractivity (Wildman–Crippen MR) is 78.1 cm³/mol. The summed E-state index contributed by atoms with van der Waals surface area (Å²) < 4.78 is 26.8. The van der Waals surface area contributed by atoms with E-state index in [-0.39, 0.29) is 20.6 Å². The van der Waals surface area contributed by atoms with E-state index >= 15 is 0 Å². The fraction of sp³-hybridized carbons (Fsp3) is 0. The molecule has 7 heteroatoms. The van der Waals surface area contributed by atoms with E-state index in [1.54, 1.807) is 30.3 Å². The number of nitrogen functional groups attached to an aromatic ring is 1. The van der Waals surface area contributed by atoms with Gasteiger partial charge in [-0.15, -0.1) is 0 Å². The fourth-order valence-electron chi connectivity index (χ4n) is 1.47. The monoisotopic (exact) mass is 316 g/mol. The molecule has 0 amide bonds. The van der Waals surface area contributed by atoms with Crippen molar-refractivity contribution in [1.29, 1.82) is 0 Å². The Morgan fingerprint density at radius 2 is 1.63 bits per heavy atom. The second-order valence-corrected chi connectivity index (χ2v) is 6.18. The summed E-state index contributed by atoms with van der Waals surface area (Å²) in [7, 11) is -3.80. The molecule has 0 unspecified atom stereocenters. The number of nitrogens with one attached hydrogen (secondary N) is 1. The van der Waals surface area contributed by atoms with Gasteiger partial charge >= 0.3 is 0 Å². The summed E-state index contributed by atoms with van der Waals surface area (Å²) in [6.45, 7) is 0. The average Bonchev–Trinajstić information content (AvgIpc) is 2.36. The van der Waals surface area contributed by atoms with E-state index in [4.69, 9.17) is 28.9 Å². The molecule has 0 heterocycles. The Bertz CT molecular complexity index is 703. The minimum absolute atomic E-state index is 0.0410. The van der Waals surface area contributed by atoms with Crippen molar-refractivity contribution in [2.75, 3.05) is 10.5 Å². The van der Waals surface area contributed by atoms with Gasteiger partial charge in [0.05, 0.1) is 15.7 Å². The molecule has 2 rings (SSSR count). The first-order valence-electron chi connectivity index (χ1n) is 5.23. The third-order valence-electron chi connectivity index (χ3n) is 2.41. The van der Waals surface area contributed by atoms with Crippen molar-refractivity contribution >= 4 is 44.6 Å². The topological polar surface area (TPSA) is 72.2 Å². The maximum Gasteiger partial charge on any atom is 0.263 e. The van der Waals surface area contributed by atoms with Crippen molar-refractivity contribution < 1.29 is 8.42 Å². The molecule has 4 nitrogen and oxygen atoms in total. The third-order valence-corrected chi connectivity index (χ3v) is 4.68. The van der Waals surface area contributed by atoms with E-state index in [0.29, 0.717) is 5.69 Å². The summed E-state index contributed by atoms with van der Waals surface area (Å²) in [5, 5.41) is 0.125. The molecule has 0 saturated carbocycles. The summed E-state index contributed by atoms with van der Waals surface area (Å²) >= 11 is 11.7. The lowest BCUT2D eigenvalue weighted by Crippen LogP contribution is -2.14. The lowest BCUT2D eigenvalue weighted by Gasteiger charge is -2.11. The molecule has 0 bridgehead atoms. The van der Waals surface area contributed by atoms with E-state index < -0.39 is 10.0 Å². The van der Waals surface area contributed by atoms with Gasteiger partial charge in [-0.1, -0.05) is 41.4 Å². The van der Waals surface area contributed by atoms with Crippen LogP contribution in [0.4, 0.5) is 11.4 Å². The SMILES string of the molecule is Nc1c(Cl)ccc(S(=O)(=O)Nc2ccccc2)c1Cl. The smallest absolute Gasteiger partial charge is 0.263 e. The Balaban J connectivity index is 2.44. The highest BCUT2D eigenvalue weighted by Gasteiger charge is 2.20. The van der Waals surface area contributed by atoms with E-state index in [2.05, 4.69) is 4.72 Å². The van der Waals surface area contributed by atoms with Gasteiger partial charge in [0.2, 0.25) is 0 Å². The Morgan fingerprint density at radius 3 is 2.26 bits per heavy atom. The number of nitrogens with two attached hydrogens (primary N) is 1. The number of sulfonamides is 1. The van der Waals surface area contributed by atoms with E-state index in [9.17, 15) is 8.42 Å². The first-order chi connectivity index (χ1) is 8.92. The van der Waals surface area contributed by atoms with E-state index in [1.807, 2.05) is 0 Å². The highest BCUT2D eigenvalue weighted by molar-refractivity contribution is 7.92. The number of hydrogen-bond donors (Lipinski definition) is 2. The van der Waals surface area contributed by atoms with Crippen LogP contribution in [0.5, 0.6) is 0 Å². The first-order valence-corrected chi connectivity index (χ1v) is 7.47. The molecule has 0 aliphatic rings. The number of hydrogen-bond acceptors (Lipinski definition) is 3. The molecular weight excluding hydrogens is 307 g/mol. The molecule has 0 aromatic heterocycles. The zero-order chi connectivity index (χ0) is 14.0. The normalized spacial score (nSPS) is 11.3. The highest BCUT2D eigenvalue weighted by atomic mass is 35.5. The van der Waals surface area contributed by atoms with Gasteiger partial charge in [0.15, 0.2) is 0 Å². The minimum Gasteiger partial charge on any atom is -0.396 e. The largest absolute Gasteiger partial charge is 0.396 e. The summed E-state index contributed by atoms with van der Waals surface area (Å²) in [5.41, 5.74) is 6.09. The zero-order valence-corrected chi connectivity index (χ0v) is 11.9. The van der Waals surface area contributed by atoms with Crippen molar-refractivity contribution in [1.82, 2.24) is 0 Å². The Kier molecular flexibility index (Phi) is 3.89. The first kappa shape index (κ1) is 14.0. The summed E-state index contributed by atoms with van der Waals surface area (Å²) in [6, 6.07) is 11.2. The Morgan fingerprint density at radius 1 is 1.00 bits per heavy atom. The molecule has 0 fully saturated rings. The molecule has 19 heavy (non-hydrogen) atoms. The van der Waals surface area contributed by atoms with Gasteiger partial charge in [0.1, 0.15) is 4.90 Å². The molecule has 0 radical (unpaired) electrons. The number of para-hydroxylation sites is 1. The summed E-state index contributed by atoms with van der Waals surface area (Å²) in [5.74, 6) is 0. The van der Waals surface area contributed by atoms with Crippen LogP contribution in [-0.2, 0) is 10.0 Å². The van der Waals surface area contributed by atoms with Crippen LogP contribution in [0.25, 0.3) is 0 Å². The fourth-order valence-corrected chi connectivity index (χ4v) is 3.30. The van der Waals surface area contributed by atoms with Gasteiger partial charge in [-0.05, 0) is 24.3 Å². The maximum atomic E-state index is 12.2. The van der Waals surface area contributed by atoms with Crippen molar-refractivity contribution in [3.8, 4) is 0 Å². The van der Waals surface area contributed by atoms with Crippen molar-refractivity contribution in [2.24, 2.45) is 0 Å². The van der Waals surface area contributed by atoms with Crippen LogP contribution in [0.2, 0.25) is 10.0 Å². The number of rotatable bonds is 3. The minimum atomic E-state index is -3.80. The van der Waals surface area contributed by atoms with Gasteiger partial charge in [0, 0.05) is 5.69 Å². The molecule has 0 spiro atoms. The molecule has 0 saturated heterocycles. The molecule has 2 aromatic rings. The van der Waals surface area contributed by atoms with Gasteiger partial charge in [-0.25, -0.2) is 8.42 Å². The molecule has 3 N–H and O–H groups in total. The van der Waals surface area contributed by atoms with Crippen molar-refractivity contribution in [3.05, 3.63) is 52.5 Å². The molecular formula is C12H10Cl2N2O2S. The molecule has 0 aliphatic carbocycles. The lowest BCUT2D eigenvalue weighted by molar-refractivity contribution is 0.601. The zero-order valence-electron chi connectivity index (χ0n) is 9.60. The quantitative estimate of drug-likeness (QED) is 0.853. The van der Waals surface area contributed by atoms with Crippen LogP contribution in [0, 0.1) is 0 Å². The molecule has 2 aromatic carbocycles. The van der Waals surface area contributed by atoms with Gasteiger partial charge < -0.3 is 5.73 Å². The van der Waals surface area contributed by atoms with Crippen LogP contribution in [0.1, 0.15) is 0 Å². The second-order valence-electron chi connectivity index (χ2n) is 3.74. The number of benzene rings is 2. The summed E-state index contributed by atoms with van der Waals surface area (Å²) in [4.78, 5) is -0.111. The third kappa shape index (κ3) is 2.94. The van der Waals surface area contributed by atoms with Crippen LogP contribution >= 0.6 is 23.2 Å². The van der Waals surface area contributed by atoms with E-state index in [0.717, 1.165) is 0 Å².